The minimum atomic E-state index is -1.17. The van der Waals surface area contributed by atoms with E-state index in [0.717, 1.165) is 0 Å². The predicted molar refractivity (Wildman–Crippen MR) is 111 cm³/mol. The Balaban J connectivity index is 5.48. The summed E-state index contributed by atoms with van der Waals surface area (Å²) in [5.74, 6) is -3.16. The minimum Gasteiger partial charge on any atom is -0.480 e. The molecule has 29 heavy (non-hydrogen) atoms. The number of nitrogens with two attached hydrogens (primary N) is 1. The molecule has 0 saturated carbocycles. The summed E-state index contributed by atoms with van der Waals surface area (Å²) in [5, 5.41) is 16.8. The maximum atomic E-state index is 13.0. The Morgan fingerprint density at radius 2 is 1.14 bits per heavy atom. The van der Waals surface area contributed by atoms with E-state index in [-0.39, 0.29) is 17.8 Å². The van der Waals surface area contributed by atoms with E-state index in [1.807, 2.05) is 34.6 Å². The van der Waals surface area contributed by atoms with Crippen molar-refractivity contribution in [3.8, 4) is 0 Å². The van der Waals surface area contributed by atoms with E-state index in [0.29, 0.717) is 12.8 Å². The predicted octanol–water partition coefficient (Wildman–Crippen LogP) is 0.621. The largest absolute Gasteiger partial charge is 0.480 e. The summed E-state index contributed by atoms with van der Waals surface area (Å²) in [5.41, 5.74) is 5.89. The van der Waals surface area contributed by atoms with Crippen molar-refractivity contribution in [1.82, 2.24) is 16.0 Å². The number of carboxylic acid groups (broad SMARTS) is 1. The second-order valence-corrected chi connectivity index (χ2v) is 8.08. The van der Waals surface area contributed by atoms with Crippen molar-refractivity contribution in [3.63, 3.8) is 0 Å². The van der Waals surface area contributed by atoms with Gasteiger partial charge in [0.25, 0.3) is 0 Å². The van der Waals surface area contributed by atoms with E-state index in [9.17, 15) is 19.2 Å². The van der Waals surface area contributed by atoms with E-state index in [1.165, 1.54) is 6.92 Å². The number of hydrogen-bond donors (Lipinski definition) is 5. The lowest BCUT2D eigenvalue weighted by Crippen LogP contribution is -2.60. The molecule has 6 N–H and O–H groups in total. The molecule has 0 saturated heterocycles. The molecule has 0 rings (SSSR count). The molecular formula is C20H38N4O5. The van der Waals surface area contributed by atoms with Crippen LogP contribution >= 0.6 is 0 Å². The SMILES string of the molecule is CCC(C)C(NC(=O)C(N)C(C)C)C(=O)NC(C(=O)NC(C)C(=O)O)C(C)CC. The van der Waals surface area contributed by atoms with Crippen LogP contribution in [0.1, 0.15) is 61.3 Å². The minimum absolute atomic E-state index is 0.0909. The van der Waals surface area contributed by atoms with Crippen LogP contribution in [0.3, 0.4) is 0 Å². The summed E-state index contributed by atoms with van der Waals surface area (Å²) in [7, 11) is 0. The molecule has 9 nitrogen and oxygen atoms in total. The van der Waals surface area contributed by atoms with Crippen molar-refractivity contribution in [2.24, 2.45) is 23.5 Å². The highest BCUT2D eigenvalue weighted by atomic mass is 16.4. The molecule has 0 aromatic rings. The number of amides is 3. The lowest BCUT2D eigenvalue weighted by Gasteiger charge is -2.30. The molecule has 0 aliphatic rings. The van der Waals surface area contributed by atoms with Gasteiger partial charge in [-0.05, 0) is 24.7 Å². The highest BCUT2D eigenvalue weighted by Crippen LogP contribution is 2.13. The molecule has 0 aliphatic heterocycles. The summed E-state index contributed by atoms with van der Waals surface area (Å²) in [6.45, 7) is 12.4. The number of carbonyl (C=O) groups is 4. The zero-order valence-corrected chi connectivity index (χ0v) is 18.6. The van der Waals surface area contributed by atoms with Crippen LogP contribution in [0.15, 0.2) is 0 Å². The van der Waals surface area contributed by atoms with Gasteiger partial charge in [0.1, 0.15) is 18.1 Å². The third kappa shape index (κ3) is 8.39. The molecule has 168 valence electrons. The molecule has 0 fully saturated rings. The van der Waals surface area contributed by atoms with Crippen molar-refractivity contribution in [2.75, 3.05) is 0 Å². The molecule has 0 aromatic carbocycles. The second-order valence-electron chi connectivity index (χ2n) is 8.08. The first-order valence-corrected chi connectivity index (χ1v) is 10.3. The average molecular weight is 415 g/mol. The lowest BCUT2D eigenvalue weighted by atomic mass is 9.94. The van der Waals surface area contributed by atoms with Crippen molar-refractivity contribution in [3.05, 3.63) is 0 Å². The van der Waals surface area contributed by atoms with Crippen LogP contribution in [-0.4, -0.2) is 53.0 Å². The fourth-order valence-electron chi connectivity index (χ4n) is 2.56. The second kappa shape index (κ2) is 12.4. The fourth-order valence-corrected chi connectivity index (χ4v) is 2.56. The fraction of sp³-hybridized carbons (Fsp3) is 0.800. The van der Waals surface area contributed by atoms with E-state index >= 15 is 0 Å². The Labute approximate surface area is 173 Å². The molecule has 0 spiro atoms. The van der Waals surface area contributed by atoms with E-state index in [2.05, 4.69) is 16.0 Å². The van der Waals surface area contributed by atoms with Gasteiger partial charge in [0.15, 0.2) is 0 Å². The van der Waals surface area contributed by atoms with Crippen molar-refractivity contribution < 1.29 is 24.3 Å². The smallest absolute Gasteiger partial charge is 0.325 e. The third-order valence-corrected chi connectivity index (χ3v) is 5.34. The van der Waals surface area contributed by atoms with Crippen molar-refractivity contribution in [1.29, 1.82) is 0 Å². The van der Waals surface area contributed by atoms with Crippen LogP contribution in [0.5, 0.6) is 0 Å². The Hall–Kier alpha value is -2.16. The monoisotopic (exact) mass is 414 g/mol. The summed E-state index contributed by atoms with van der Waals surface area (Å²) in [6, 6.07) is -3.61. The summed E-state index contributed by atoms with van der Waals surface area (Å²) < 4.78 is 0. The summed E-state index contributed by atoms with van der Waals surface area (Å²) in [6.07, 6.45) is 1.23. The first-order chi connectivity index (χ1) is 13.4. The highest BCUT2D eigenvalue weighted by Gasteiger charge is 2.34. The van der Waals surface area contributed by atoms with Crippen LogP contribution in [0.4, 0.5) is 0 Å². The van der Waals surface area contributed by atoms with Gasteiger partial charge < -0.3 is 26.8 Å². The maximum absolute atomic E-state index is 13.0. The summed E-state index contributed by atoms with van der Waals surface area (Å²) in [4.78, 5) is 49.0. The molecule has 0 radical (unpaired) electrons. The van der Waals surface area contributed by atoms with Gasteiger partial charge in [0.2, 0.25) is 17.7 Å². The Kier molecular flexibility index (Phi) is 11.5. The zero-order valence-electron chi connectivity index (χ0n) is 18.6. The number of hydrogen-bond acceptors (Lipinski definition) is 5. The van der Waals surface area contributed by atoms with Crippen LogP contribution in [-0.2, 0) is 19.2 Å². The number of carbonyl (C=O) groups excluding carboxylic acids is 3. The molecule has 3 amide bonds. The maximum Gasteiger partial charge on any atom is 0.325 e. The molecule has 0 heterocycles. The standard InChI is InChI=1S/C20H38N4O5/c1-8-11(5)15(18(26)22-13(7)20(28)29)24-19(27)16(12(6)9-2)23-17(25)14(21)10(3)4/h10-16H,8-9,21H2,1-7H3,(H,22,26)(H,23,25)(H,24,27)(H,28,29). The normalized spacial score (nSPS) is 17.4. The summed E-state index contributed by atoms with van der Waals surface area (Å²) >= 11 is 0. The van der Waals surface area contributed by atoms with Crippen molar-refractivity contribution >= 4 is 23.7 Å². The molecule has 9 heteroatoms. The van der Waals surface area contributed by atoms with Crippen LogP contribution < -0.4 is 21.7 Å². The van der Waals surface area contributed by atoms with Gasteiger partial charge in [-0.15, -0.1) is 0 Å². The van der Waals surface area contributed by atoms with Gasteiger partial charge in [-0.2, -0.15) is 0 Å². The molecular weight excluding hydrogens is 376 g/mol. The molecule has 6 unspecified atom stereocenters. The third-order valence-electron chi connectivity index (χ3n) is 5.34. The first-order valence-electron chi connectivity index (χ1n) is 10.3. The average Bonchev–Trinajstić information content (AvgIpc) is 2.67. The lowest BCUT2D eigenvalue weighted by molar-refractivity contribution is -0.142. The first kappa shape index (κ1) is 26.8. The van der Waals surface area contributed by atoms with Gasteiger partial charge in [-0.3, -0.25) is 19.2 Å². The van der Waals surface area contributed by atoms with Crippen molar-refractivity contribution in [2.45, 2.75) is 85.5 Å². The molecule has 0 aliphatic carbocycles. The Morgan fingerprint density at radius 1 is 0.759 bits per heavy atom. The molecule has 6 atom stereocenters. The van der Waals surface area contributed by atoms with Gasteiger partial charge in [0, 0.05) is 0 Å². The van der Waals surface area contributed by atoms with E-state index in [4.69, 9.17) is 10.8 Å². The van der Waals surface area contributed by atoms with E-state index < -0.39 is 47.9 Å². The van der Waals surface area contributed by atoms with Gasteiger partial charge in [-0.25, -0.2) is 0 Å². The highest BCUT2D eigenvalue weighted by molar-refractivity contribution is 5.94. The number of aliphatic carboxylic acids is 1. The van der Waals surface area contributed by atoms with E-state index in [1.54, 1.807) is 6.92 Å². The Morgan fingerprint density at radius 3 is 1.48 bits per heavy atom. The number of carboxylic acids is 1. The van der Waals surface area contributed by atoms with Crippen LogP contribution in [0, 0.1) is 17.8 Å². The quantitative estimate of drug-likeness (QED) is 0.316. The van der Waals surface area contributed by atoms with Gasteiger partial charge in [0.05, 0.1) is 6.04 Å². The molecule has 0 aromatic heterocycles. The van der Waals surface area contributed by atoms with Crippen LogP contribution in [0.25, 0.3) is 0 Å². The van der Waals surface area contributed by atoms with Gasteiger partial charge in [-0.1, -0.05) is 54.4 Å². The topological polar surface area (TPSA) is 151 Å². The number of nitrogens with one attached hydrogen (secondary N) is 3. The zero-order chi connectivity index (χ0) is 22.9. The van der Waals surface area contributed by atoms with Gasteiger partial charge >= 0.3 is 5.97 Å². The molecule has 0 bridgehead atoms. The van der Waals surface area contributed by atoms with Crippen LogP contribution in [0.2, 0.25) is 0 Å². The number of rotatable bonds is 12. The Bertz CT molecular complexity index is 581.